The summed E-state index contributed by atoms with van der Waals surface area (Å²) in [6, 6.07) is 10.2. The molecule has 0 unspecified atom stereocenters. The molecule has 0 saturated heterocycles. The number of nitrogens with one attached hydrogen (secondary N) is 3. The van der Waals surface area contributed by atoms with Crippen molar-refractivity contribution in [2.75, 3.05) is 19.6 Å². The smallest absolute Gasteiger partial charge is 0.270 e. The molecule has 0 radical (unpaired) electrons. The number of sulfonamides is 1. The Kier molecular flexibility index (Phi) is 8.59. The van der Waals surface area contributed by atoms with Crippen LogP contribution in [0, 0.1) is 10.1 Å². The van der Waals surface area contributed by atoms with Crippen LogP contribution in [0.15, 0.2) is 53.4 Å². The van der Waals surface area contributed by atoms with Gasteiger partial charge in [0.05, 0.1) is 16.4 Å². The Balaban J connectivity index is 1.89. The van der Waals surface area contributed by atoms with Crippen molar-refractivity contribution < 1.29 is 27.7 Å². The average Bonchev–Trinajstić information content (AvgIpc) is 2.81. The molecule has 2 aromatic rings. The average molecular weight is 477 g/mol. The second-order valence-electron chi connectivity index (χ2n) is 6.61. The summed E-state index contributed by atoms with van der Waals surface area (Å²) in [5.74, 6) is -2.15. The molecule has 3 N–H and O–H groups in total. The first-order valence-electron chi connectivity index (χ1n) is 9.82. The third-order valence-electron chi connectivity index (χ3n) is 4.50. The van der Waals surface area contributed by atoms with Gasteiger partial charge < -0.3 is 5.32 Å². The zero-order valence-electron chi connectivity index (χ0n) is 17.9. The number of rotatable bonds is 9. The Morgan fingerprint density at radius 1 is 0.939 bits per heavy atom. The Hall–Kier alpha value is -3.84. The van der Waals surface area contributed by atoms with E-state index >= 15 is 0 Å². The summed E-state index contributed by atoms with van der Waals surface area (Å²) in [6.45, 7) is 3.59. The molecule has 2 rings (SSSR count). The van der Waals surface area contributed by atoms with Gasteiger partial charge in [0, 0.05) is 36.3 Å². The van der Waals surface area contributed by atoms with Crippen molar-refractivity contribution >= 4 is 33.4 Å². The second-order valence-corrected chi connectivity index (χ2v) is 8.54. The van der Waals surface area contributed by atoms with Gasteiger partial charge in [-0.2, -0.15) is 4.31 Å². The van der Waals surface area contributed by atoms with Gasteiger partial charge in [-0.05, 0) is 30.3 Å². The van der Waals surface area contributed by atoms with Crippen LogP contribution in [0.2, 0.25) is 0 Å². The normalized spacial score (nSPS) is 11.0. The summed E-state index contributed by atoms with van der Waals surface area (Å²) in [4.78, 5) is 46.3. The molecule has 0 atom stereocenters. The topological polar surface area (TPSA) is 168 Å². The summed E-state index contributed by atoms with van der Waals surface area (Å²) >= 11 is 0. The molecule has 0 fully saturated rings. The van der Waals surface area contributed by atoms with E-state index in [0.717, 1.165) is 6.07 Å². The van der Waals surface area contributed by atoms with Gasteiger partial charge >= 0.3 is 0 Å². The number of carbonyl (C=O) groups is 3. The van der Waals surface area contributed by atoms with Crippen molar-refractivity contribution in [1.82, 2.24) is 20.5 Å². The molecular weight excluding hydrogens is 454 g/mol. The maximum absolute atomic E-state index is 12.5. The van der Waals surface area contributed by atoms with Crippen molar-refractivity contribution in [3.8, 4) is 0 Å². The maximum atomic E-state index is 12.5. The molecule has 13 heteroatoms. The molecule has 12 nitrogen and oxygen atoms in total. The van der Waals surface area contributed by atoms with Crippen LogP contribution >= 0.6 is 0 Å². The second kappa shape index (κ2) is 11.2. The number of hydrogen-bond donors (Lipinski definition) is 3. The number of amides is 3. The third-order valence-corrected chi connectivity index (χ3v) is 6.57. The molecule has 0 aliphatic rings. The minimum absolute atomic E-state index is 0.0340. The maximum Gasteiger partial charge on any atom is 0.270 e. The van der Waals surface area contributed by atoms with Crippen LogP contribution in [-0.2, 0) is 14.8 Å². The highest BCUT2D eigenvalue weighted by molar-refractivity contribution is 7.89. The van der Waals surface area contributed by atoms with E-state index in [1.54, 1.807) is 13.8 Å². The highest BCUT2D eigenvalue weighted by Gasteiger charge is 2.21. The van der Waals surface area contributed by atoms with E-state index in [0.29, 0.717) is 13.1 Å². The van der Waals surface area contributed by atoms with Gasteiger partial charge in [0.1, 0.15) is 0 Å². The van der Waals surface area contributed by atoms with Crippen molar-refractivity contribution in [2.24, 2.45) is 0 Å². The van der Waals surface area contributed by atoms with Gasteiger partial charge in [-0.1, -0.05) is 19.9 Å². The summed E-state index contributed by atoms with van der Waals surface area (Å²) in [5, 5.41) is 13.1. The summed E-state index contributed by atoms with van der Waals surface area (Å²) in [5.41, 5.74) is 4.00. The lowest BCUT2D eigenvalue weighted by Gasteiger charge is -2.18. The quantitative estimate of drug-likeness (QED) is 0.355. The molecule has 0 spiro atoms. The molecule has 33 heavy (non-hydrogen) atoms. The van der Waals surface area contributed by atoms with Crippen LogP contribution in [0.3, 0.4) is 0 Å². The number of carbonyl (C=O) groups excluding carboxylic acids is 3. The van der Waals surface area contributed by atoms with Crippen LogP contribution < -0.4 is 16.2 Å². The zero-order chi connectivity index (χ0) is 24.6. The number of nitro groups is 1. The zero-order valence-corrected chi connectivity index (χ0v) is 18.7. The number of nitro benzene ring substituents is 1. The fourth-order valence-electron chi connectivity index (χ4n) is 2.76. The molecule has 0 heterocycles. The molecule has 0 aliphatic carbocycles. The van der Waals surface area contributed by atoms with Crippen LogP contribution in [0.5, 0.6) is 0 Å². The van der Waals surface area contributed by atoms with Gasteiger partial charge in [-0.3, -0.25) is 35.3 Å². The Labute approximate surface area is 190 Å². The van der Waals surface area contributed by atoms with Crippen molar-refractivity contribution in [2.45, 2.75) is 18.7 Å². The molecular formula is C20H23N5O7S. The van der Waals surface area contributed by atoms with E-state index in [-0.39, 0.29) is 21.7 Å². The minimum atomic E-state index is -3.66. The molecule has 0 bridgehead atoms. The summed E-state index contributed by atoms with van der Waals surface area (Å²) in [6.07, 6.45) is 0. The Morgan fingerprint density at radius 2 is 1.58 bits per heavy atom. The number of benzene rings is 2. The summed E-state index contributed by atoms with van der Waals surface area (Å²) < 4.78 is 26.2. The predicted octanol–water partition coefficient (Wildman–Crippen LogP) is 0.816. The van der Waals surface area contributed by atoms with E-state index in [4.69, 9.17) is 0 Å². The van der Waals surface area contributed by atoms with Gasteiger partial charge in [0.15, 0.2) is 0 Å². The molecule has 0 aliphatic heterocycles. The summed E-state index contributed by atoms with van der Waals surface area (Å²) in [7, 11) is -3.66. The van der Waals surface area contributed by atoms with Crippen molar-refractivity contribution in [1.29, 1.82) is 0 Å². The van der Waals surface area contributed by atoms with Crippen molar-refractivity contribution in [3.05, 3.63) is 69.8 Å². The minimum Gasteiger partial charge on any atom is -0.343 e. The van der Waals surface area contributed by atoms with Crippen molar-refractivity contribution in [3.63, 3.8) is 0 Å². The fraction of sp³-hybridized carbons (Fsp3) is 0.250. The van der Waals surface area contributed by atoms with E-state index in [1.807, 2.05) is 0 Å². The number of nitrogens with zero attached hydrogens (tertiary/aromatic N) is 2. The standard InChI is InChI=1S/C20H23N5O7S/c1-3-24(4-2)33(31,32)17-10-8-14(9-11-17)19(27)21-13-18(26)22-23-20(28)15-6-5-7-16(12-15)25(29)30/h5-12H,3-4,13H2,1-2H3,(H,21,27)(H,22,26)(H,23,28). The van der Waals surface area contributed by atoms with Crippen LogP contribution in [0.1, 0.15) is 34.6 Å². The van der Waals surface area contributed by atoms with Crippen LogP contribution in [-0.4, -0.2) is 55.0 Å². The molecule has 3 amide bonds. The Morgan fingerprint density at radius 3 is 2.15 bits per heavy atom. The van der Waals surface area contributed by atoms with Crippen LogP contribution in [0.4, 0.5) is 5.69 Å². The predicted molar refractivity (Wildman–Crippen MR) is 118 cm³/mol. The van der Waals surface area contributed by atoms with Gasteiger partial charge in [-0.25, -0.2) is 8.42 Å². The first kappa shape index (κ1) is 25.4. The van der Waals surface area contributed by atoms with E-state index in [2.05, 4.69) is 16.2 Å². The van der Waals surface area contributed by atoms with E-state index < -0.39 is 39.2 Å². The largest absolute Gasteiger partial charge is 0.343 e. The van der Waals surface area contributed by atoms with E-state index in [9.17, 15) is 32.9 Å². The van der Waals surface area contributed by atoms with Crippen LogP contribution in [0.25, 0.3) is 0 Å². The fourth-order valence-corrected chi connectivity index (χ4v) is 4.22. The molecule has 176 valence electrons. The van der Waals surface area contributed by atoms with Gasteiger partial charge in [0.25, 0.3) is 23.4 Å². The first-order chi connectivity index (χ1) is 15.6. The highest BCUT2D eigenvalue weighted by Crippen LogP contribution is 2.16. The lowest BCUT2D eigenvalue weighted by atomic mass is 10.2. The Bertz CT molecular complexity index is 1150. The molecule has 2 aromatic carbocycles. The third kappa shape index (κ3) is 6.57. The highest BCUT2D eigenvalue weighted by atomic mass is 32.2. The lowest BCUT2D eigenvalue weighted by molar-refractivity contribution is -0.384. The molecule has 0 saturated carbocycles. The van der Waals surface area contributed by atoms with Gasteiger partial charge in [0.2, 0.25) is 10.0 Å². The van der Waals surface area contributed by atoms with E-state index in [1.165, 1.54) is 46.8 Å². The number of non-ortho nitro benzene ring substituents is 1. The monoisotopic (exact) mass is 477 g/mol. The number of hydrazine groups is 1. The van der Waals surface area contributed by atoms with Gasteiger partial charge in [-0.15, -0.1) is 0 Å². The SMILES string of the molecule is CCN(CC)S(=O)(=O)c1ccc(C(=O)NCC(=O)NNC(=O)c2cccc([N+](=O)[O-])c2)cc1. The molecule has 0 aromatic heterocycles. The number of hydrogen-bond acceptors (Lipinski definition) is 7. The lowest BCUT2D eigenvalue weighted by Crippen LogP contribution is -2.46. The first-order valence-corrected chi connectivity index (χ1v) is 11.3.